The van der Waals surface area contributed by atoms with Crippen molar-refractivity contribution in [1.29, 1.82) is 0 Å². The first-order chi connectivity index (χ1) is 14.8. The second kappa shape index (κ2) is 9.41. The number of hydrogen-bond acceptors (Lipinski definition) is 4. The molecule has 1 fully saturated rings. The van der Waals surface area contributed by atoms with Crippen molar-refractivity contribution in [3.63, 3.8) is 0 Å². The molecule has 0 saturated carbocycles. The third-order valence-electron chi connectivity index (χ3n) is 5.79. The Morgan fingerprint density at radius 2 is 1.68 bits per heavy atom. The van der Waals surface area contributed by atoms with Gasteiger partial charge in [0.15, 0.2) is 0 Å². The van der Waals surface area contributed by atoms with E-state index in [9.17, 15) is 9.59 Å². The number of para-hydroxylation sites is 1. The average Bonchev–Trinajstić information content (AvgIpc) is 3.14. The van der Waals surface area contributed by atoms with Gasteiger partial charge in [0.25, 0.3) is 0 Å². The van der Waals surface area contributed by atoms with Crippen molar-refractivity contribution in [3.8, 4) is 11.5 Å². The van der Waals surface area contributed by atoms with E-state index in [1.165, 1.54) is 0 Å². The second-order valence-electron chi connectivity index (χ2n) is 8.55. The first-order valence-corrected chi connectivity index (χ1v) is 10.7. The first kappa shape index (κ1) is 22.7. The highest BCUT2D eigenvalue weighted by Crippen LogP contribution is 2.37. The van der Waals surface area contributed by atoms with Crippen molar-refractivity contribution in [2.24, 2.45) is 5.92 Å². The SMILES string of the molecule is COc1ccc(OC)c(N2CC(C(=O)Nc3c(C(C)C)cccc3C(C)C)CC2=O)c1. The van der Waals surface area contributed by atoms with E-state index in [1.54, 1.807) is 37.3 Å². The number of carbonyl (C=O) groups excluding carboxylic acids is 2. The van der Waals surface area contributed by atoms with Crippen LogP contribution >= 0.6 is 0 Å². The number of anilines is 2. The van der Waals surface area contributed by atoms with Crippen LogP contribution in [0, 0.1) is 5.92 Å². The van der Waals surface area contributed by atoms with Crippen molar-refractivity contribution in [3.05, 3.63) is 47.5 Å². The van der Waals surface area contributed by atoms with Crippen LogP contribution in [-0.4, -0.2) is 32.6 Å². The summed E-state index contributed by atoms with van der Waals surface area (Å²) in [7, 11) is 3.14. The molecule has 6 heteroatoms. The van der Waals surface area contributed by atoms with Crippen molar-refractivity contribution < 1.29 is 19.1 Å². The topological polar surface area (TPSA) is 67.9 Å². The minimum atomic E-state index is -0.441. The zero-order valence-corrected chi connectivity index (χ0v) is 19.2. The van der Waals surface area contributed by atoms with Gasteiger partial charge in [-0.15, -0.1) is 0 Å². The molecule has 1 N–H and O–H groups in total. The van der Waals surface area contributed by atoms with E-state index >= 15 is 0 Å². The van der Waals surface area contributed by atoms with Crippen LogP contribution in [0.15, 0.2) is 36.4 Å². The third kappa shape index (κ3) is 4.68. The van der Waals surface area contributed by atoms with E-state index in [2.05, 4.69) is 45.1 Å². The van der Waals surface area contributed by atoms with E-state index in [4.69, 9.17) is 9.47 Å². The fraction of sp³-hybridized carbons (Fsp3) is 0.440. The normalized spacial score (nSPS) is 16.2. The molecule has 2 amide bonds. The molecule has 0 aromatic heterocycles. The summed E-state index contributed by atoms with van der Waals surface area (Å²) in [5.74, 6) is 1.07. The lowest BCUT2D eigenvalue weighted by atomic mass is 9.92. The Kier molecular flexibility index (Phi) is 6.88. The summed E-state index contributed by atoms with van der Waals surface area (Å²) >= 11 is 0. The fourth-order valence-corrected chi connectivity index (χ4v) is 4.04. The molecular weight excluding hydrogens is 392 g/mol. The number of nitrogens with one attached hydrogen (secondary N) is 1. The minimum Gasteiger partial charge on any atom is -0.497 e. The summed E-state index contributed by atoms with van der Waals surface area (Å²) in [4.78, 5) is 27.6. The summed E-state index contributed by atoms with van der Waals surface area (Å²) < 4.78 is 10.7. The summed E-state index contributed by atoms with van der Waals surface area (Å²) in [5, 5.41) is 3.15. The van der Waals surface area contributed by atoms with Crippen LogP contribution in [0.3, 0.4) is 0 Å². The predicted octanol–water partition coefficient (Wildman–Crippen LogP) is 4.94. The van der Waals surface area contributed by atoms with Crippen molar-refractivity contribution in [2.75, 3.05) is 31.0 Å². The van der Waals surface area contributed by atoms with Gasteiger partial charge in [-0.3, -0.25) is 9.59 Å². The Balaban J connectivity index is 1.86. The van der Waals surface area contributed by atoms with E-state index in [1.807, 2.05) is 6.07 Å². The number of carbonyl (C=O) groups is 2. The number of nitrogens with zero attached hydrogens (tertiary/aromatic N) is 1. The highest BCUT2D eigenvalue weighted by Gasteiger charge is 2.37. The summed E-state index contributed by atoms with van der Waals surface area (Å²) in [6, 6.07) is 11.5. The molecule has 166 valence electrons. The number of amides is 2. The van der Waals surface area contributed by atoms with Crippen LogP contribution in [0.5, 0.6) is 11.5 Å². The minimum absolute atomic E-state index is 0.104. The molecular formula is C25H32N2O4. The number of hydrogen-bond donors (Lipinski definition) is 1. The molecule has 0 aliphatic carbocycles. The van der Waals surface area contributed by atoms with Crippen LogP contribution in [0.4, 0.5) is 11.4 Å². The largest absolute Gasteiger partial charge is 0.497 e. The molecule has 1 aliphatic rings. The van der Waals surface area contributed by atoms with Crippen LogP contribution in [0.2, 0.25) is 0 Å². The molecule has 1 heterocycles. The van der Waals surface area contributed by atoms with Crippen LogP contribution in [0.1, 0.15) is 57.1 Å². The van der Waals surface area contributed by atoms with Crippen molar-refractivity contribution >= 4 is 23.2 Å². The summed E-state index contributed by atoms with van der Waals surface area (Å²) in [5.41, 5.74) is 3.71. The van der Waals surface area contributed by atoms with Crippen molar-refractivity contribution in [1.82, 2.24) is 0 Å². The maximum Gasteiger partial charge on any atom is 0.229 e. The van der Waals surface area contributed by atoms with Gasteiger partial charge in [0.1, 0.15) is 11.5 Å². The van der Waals surface area contributed by atoms with Gasteiger partial charge in [-0.25, -0.2) is 0 Å². The van der Waals surface area contributed by atoms with Gasteiger partial charge < -0.3 is 19.7 Å². The number of rotatable bonds is 7. The Bertz CT molecular complexity index is 942. The highest BCUT2D eigenvalue weighted by molar-refractivity contribution is 6.04. The third-order valence-corrected chi connectivity index (χ3v) is 5.79. The van der Waals surface area contributed by atoms with Crippen molar-refractivity contribution in [2.45, 2.75) is 46.0 Å². The van der Waals surface area contributed by atoms with Crippen LogP contribution < -0.4 is 19.7 Å². The molecule has 2 aromatic rings. The maximum absolute atomic E-state index is 13.2. The Labute approximate surface area is 184 Å². The monoisotopic (exact) mass is 424 g/mol. The first-order valence-electron chi connectivity index (χ1n) is 10.7. The molecule has 1 saturated heterocycles. The lowest BCUT2D eigenvalue weighted by Crippen LogP contribution is -2.29. The van der Waals surface area contributed by atoms with Gasteiger partial charge in [-0.1, -0.05) is 45.9 Å². The Morgan fingerprint density at radius 1 is 1.03 bits per heavy atom. The molecule has 31 heavy (non-hydrogen) atoms. The zero-order valence-electron chi connectivity index (χ0n) is 19.2. The van der Waals surface area contributed by atoms with Gasteiger partial charge in [-0.05, 0) is 35.1 Å². The highest BCUT2D eigenvalue weighted by atomic mass is 16.5. The van der Waals surface area contributed by atoms with E-state index in [0.717, 1.165) is 16.8 Å². The van der Waals surface area contributed by atoms with E-state index in [-0.39, 0.29) is 30.1 Å². The molecule has 3 rings (SSSR count). The Hall–Kier alpha value is -3.02. The second-order valence-corrected chi connectivity index (χ2v) is 8.55. The Morgan fingerprint density at radius 3 is 2.23 bits per heavy atom. The van der Waals surface area contributed by atoms with Gasteiger partial charge in [0, 0.05) is 24.7 Å². The molecule has 1 unspecified atom stereocenters. The standard InChI is InChI=1S/C25H32N2O4/c1-15(2)19-8-7-9-20(16(3)4)24(19)26-25(29)17-12-23(28)27(14-17)21-13-18(30-5)10-11-22(21)31-6/h7-11,13,15-17H,12,14H2,1-6H3,(H,26,29). The summed E-state index contributed by atoms with van der Waals surface area (Å²) in [6.45, 7) is 8.76. The molecule has 0 bridgehead atoms. The predicted molar refractivity (Wildman–Crippen MR) is 123 cm³/mol. The maximum atomic E-state index is 13.2. The zero-order chi connectivity index (χ0) is 22.7. The molecule has 2 aromatic carbocycles. The van der Waals surface area contributed by atoms with Crippen LogP contribution in [-0.2, 0) is 9.59 Å². The number of ether oxygens (including phenoxy) is 2. The number of methoxy groups -OCH3 is 2. The van der Waals surface area contributed by atoms with E-state index in [0.29, 0.717) is 23.7 Å². The fourth-order valence-electron chi connectivity index (χ4n) is 4.04. The quantitative estimate of drug-likeness (QED) is 0.683. The molecule has 1 aliphatic heterocycles. The lowest BCUT2D eigenvalue weighted by Gasteiger charge is -2.22. The lowest BCUT2D eigenvalue weighted by molar-refractivity contribution is -0.122. The van der Waals surface area contributed by atoms with Gasteiger partial charge in [-0.2, -0.15) is 0 Å². The molecule has 0 spiro atoms. The molecule has 0 radical (unpaired) electrons. The van der Waals surface area contributed by atoms with Gasteiger partial charge in [0.05, 0.1) is 25.8 Å². The van der Waals surface area contributed by atoms with Gasteiger partial charge >= 0.3 is 0 Å². The van der Waals surface area contributed by atoms with E-state index < -0.39 is 5.92 Å². The van der Waals surface area contributed by atoms with Crippen LogP contribution in [0.25, 0.3) is 0 Å². The summed E-state index contributed by atoms with van der Waals surface area (Å²) in [6.07, 6.45) is 0.160. The van der Waals surface area contributed by atoms with Gasteiger partial charge in [0.2, 0.25) is 11.8 Å². The average molecular weight is 425 g/mol. The molecule has 1 atom stereocenters. The molecule has 6 nitrogen and oxygen atoms in total. The smallest absolute Gasteiger partial charge is 0.229 e. The number of benzene rings is 2.